The predicted octanol–water partition coefficient (Wildman–Crippen LogP) is 2.70. The molecule has 1 amide bonds. The highest BCUT2D eigenvalue weighted by atomic mass is 16.4. The largest absolute Gasteiger partial charge is 0.478 e. The number of amides is 1. The lowest BCUT2D eigenvalue weighted by atomic mass is 10.1. The number of aromatic carboxylic acids is 1. The highest BCUT2D eigenvalue weighted by Gasteiger charge is 2.27. The molecule has 3 rings (SSSR count). The summed E-state index contributed by atoms with van der Waals surface area (Å²) in [6.45, 7) is 2.87. The molecule has 0 unspecified atom stereocenters. The zero-order valence-corrected chi connectivity index (χ0v) is 11.6. The highest BCUT2D eigenvalue weighted by Crippen LogP contribution is 2.26. The van der Waals surface area contributed by atoms with Crippen LogP contribution in [0.1, 0.15) is 44.5 Å². The van der Waals surface area contributed by atoms with E-state index >= 15 is 0 Å². The van der Waals surface area contributed by atoms with Crippen LogP contribution in [-0.4, -0.2) is 21.9 Å². The number of hydrogen-bond donors (Lipinski definition) is 1. The van der Waals surface area contributed by atoms with Gasteiger partial charge in [-0.1, -0.05) is 13.0 Å². The van der Waals surface area contributed by atoms with Gasteiger partial charge in [-0.25, -0.2) is 4.79 Å². The first kappa shape index (κ1) is 13.4. The van der Waals surface area contributed by atoms with Crippen LogP contribution in [-0.2, 0) is 19.5 Å². The lowest BCUT2D eigenvalue weighted by Crippen LogP contribution is -2.25. The average molecular weight is 285 g/mol. The van der Waals surface area contributed by atoms with Crippen molar-refractivity contribution in [1.82, 2.24) is 4.90 Å². The zero-order valence-electron chi connectivity index (χ0n) is 11.6. The van der Waals surface area contributed by atoms with Crippen molar-refractivity contribution in [2.45, 2.75) is 26.4 Å². The number of fused-ring (bicyclic) bond motifs is 1. The molecule has 0 fully saturated rings. The summed E-state index contributed by atoms with van der Waals surface area (Å²) in [5, 5.41) is 9.02. The third-order valence-corrected chi connectivity index (χ3v) is 3.76. The fourth-order valence-electron chi connectivity index (χ4n) is 2.65. The van der Waals surface area contributed by atoms with Gasteiger partial charge in [-0.15, -0.1) is 0 Å². The van der Waals surface area contributed by atoms with E-state index in [1.807, 2.05) is 6.92 Å². The normalized spacial score (nSPS) is 13.3. The van der Waals surface area contributed by atoms with E-state index in [2.05, 4.69) is 0 Å². The van der Waals surface area contributed by atoms with Gasteiger partial charge in [-0.05, 0) is 29.3 Å². The summed E-state index contributed by atoms with van der Waals surface area (Å²) in [6.07, 6.45) is 2.19. The number of hydrogen-bond acceptors (Lipinski definition) is 3. The molecule has 1 aliphatic heterocycles. The Morgan fingerprint density at radius 3 is 2.71 bits per heavy atom. The van der Waals surface area contributed by atoms with Gasteiger partial charge in [0.15, 0.2) is 0 Å². The van der Waals surface area contributed by atoms with Crippen molar-refractivity contribution in [2.24, 2.45) is 0 Å². The van der Waals surface area contributed by atoms with Gasteiger partial charge in [0, 0.05) is 19.5 Å². The Hall–Kier alpha value is -2.56. The van der Waals surface area contributed by atoms with E-state index in [1.54, 1.807) is 29.2 Å². The molecule has 0 aliphatic carbocycles. The average Bonchev–Trinajstić information content (AvgIpc) is 3.11. The maximum absolute atomic E-state index is 12.5. The van der Waals surface area contributed by atoms with Crippen LogP contribution >= 0.6 is 0 Å². The summed E-state index contributed by atoms with van der Waals surface area (Å²) in [4.78, 5) is 25.2. The van der Waals surface area contributed by atoms with Crippen molar-refractivity contribution in [1.29, 1.82) is 0 Å². The summed E-state index contributed by atoms with van der Waals surface area (Å²) in [7, 11) is 0. The molecule has 0 radical (unpaired) electrons. The number of aryl methyl sites for hydroxylation is 1. The number of carbonyl (C=O) groups is 2. The molecule has 108 valence electrons. The minimum absolute atomic E-state index is 0.0753. The Kier molecular flexibility index (Phi) is 3.25. The Morgan fingerprint density at radius 2 is 2.00 bits per heavy atom. The van der Waals surface area contributed by atoms with Crippen molar-refractivity contribution in [3.8, 4) is 0 Å². The zero-order chi connectivity index (χ0) is 15.0. The molecule has 2 aromatic rings. The van der Waals surface area contributed by atoms with Gasteiger partial charge in [0.05, 0.1) is 17.4 Å². The summed E-state index contributed by atoms with van der Waals surface area (Å²) in [5.74, 6) is -0.346. The molecule has 1 aromatic heterocycles. The minimum Gasteiger partial charge on any atom is -0.478 e. The molecule has 0 saturated carbocycles. The van der Waals surface area contributed by atoms with E-state index in [0.717, 1.165) is 11.1 Å². The lowest BCUT2D eigenvalue weighted by molar-refractivity contribution is 0.0696. The monoisotopic (exact) mass is 285 g/mol. The fourth-order valence-corrected chi connectivity index (χ4v) is 2.65. The van der Waals surface area contributed by atoms with Gasteiger partial charge in [0.25, 0.3) is 5.91 Å². The Balaban J connectivity index is 1.84. The topological polar surface area (TPSA) is 70.8 Å². The van der Waals surface area contributed by atoms with Gasteiger partial charge >= 0.3 is 5.97 Å². The van der Waals surface area contributed by atoms with Crippen LogP contribution in [0.5, 0.6) is 0 Å². The summed E-state index contributed by atoms with van der Waals surface area (Å²) in [6, 6.07) is 6.68. The van der Waals surface area contributed by atoms with Gasteiger partial charge in [0.1, 0.15) is 5.76 Å². The second kappa shape index (κ2) is 5.09. The van der Waals surface area contributed by atoms with Crippen LogP contribution in [0.15, 0.2) is 34.9 Å². The van der Waals surface area contributed by atoms with Crippen LogP contribution < -0.4 is 0 Å². The van der Waals surface area contributed by atoms with Crippen molar-refractivity contribution in [3.63, 3.8) is 0 Å². The smallest absolute Gasteiger partial charge is 0.335 e. The Morgan fingerprint density at radius 1 is 1.24 bits per heavy atom. The fraction of sp³-hybridized carbons (Fsp3) is 0.250. The van der Waals surface area contributed by atoms with Crippen LogP contribution in [0.25, 0.3) is 0 Å². The van der Waals surface area contributed by atoms with Crippen molar-refractivity contribution >= 4 is 11.9 Å². The lowest BCUT2D eigenvalue weighted by Gasteiger charge is -2.14. The molecule has 5 nitrogen and oxygen atoms in total. The van der Waals surface area contributed by atoms with Crippen LogP contribution in [0.2, 0.25) is 0 Å². The van der Waals surface area contributed by atoms with E-state index < -0.39 is 5.97 Å². The summed E-state index contributed by atoms with van der Waals surface area (Å²) in [5.41, 5.74) is 2.73. The molecule has 1 aromatic carbocycles. The van der Waals surface area contributed by atoms with Gasteiger partial charge in [-0.3, -0.25) is 4.79 Å². The van der Waals surface area contributed by atoms with Crippen molar-refractivity contribution < 1.29 is 19.1 Å². The Bertz CT molecular complexity index is 717. The van der Waals surface area contributed by atoms with Crippen LogP contribution in [0.4, 0.5) is 0 Å². The predicted molar refractivity (Wildman–Crippen MR) is 75.1 cm³/mol. The van der Waals surface area contributed by atoms with E-state index in [0.29, 0.717) is 30.8 Å². The number of nitrogens with zero attached hydrogens (tertiary/aromatic N) is 1. The number of furan rings is 1. The third-order valence-electron chi connectivity index (χ3n) is 3.76. The summed E-state index contributed by atoms with van der Waals surface area (Å²) < 4.78 is 5.30. The van der Waals surface area contributed by atoms with E-state index in [9.17, 15) is 9.59 Å². The standard InChI is InChI=1S/C16H15NO4/c1-2-14-13(5-6-21-14)15(18)17-8-11-4-3-10(16(19)20)7-12(11)9-17/h3-7H,2,8-9H2,1H3,(H,19,20). The van der Waals surface area contributed by atoms with E-state index in [-0.39, 0.29) is 11.5 Å². The van der Waals surface area contributed by atoms with Gasteiger partial charge < -0.3 is 14.4 Å². The first-order valence-electron chi connectivity index (χ1n) is 6.81. The first-order valence-corrected chi connectivity index (χ1v) is 6.81. The second-order valence-corrected chi connectivity index (χ2v) is 5.06. The molecule has 21 heavy (non-hydrogen) atoms. The van der Waals surface area contributed by atoms with Gasteiger partial charge in [0.2, 0.25) is 0 Å². The molecule has 1 N–H and O–H groups in total. The maximum Gasteiger partial charge on any atom is 0.335 e. The molecule has 2 heterocycles. The third kappa shape index (κ3) is 2.31. The number of carboxylic acids is 1. The molecular weight excluding hydrogens is 270 g/mol. The molecule has 0 atom stereocenters. The summed E-state index contributed by atoms with van der Waals surface area (Å²) >= 11 is 0. The second-order valence-electron chi connectivity index (χ2n) is 5.06. The maximum atomic E-state index is 12.5. The number of rotatable bonds is 3. The van der Waals surface area contributed by atoms with Gasteiger partial charge in [-0.2, -0.15) is 0 Å². The minimum atomic E-state index is -0.953. The van der Waals surface area contributed by atoms with E-state index in [4.69, 9.17) is 9.52 Å². The highest BCUT2D eigenvalue weighted by molar-refractivity contribution is 5.95. The van der Waals surface area contributed by atoms with Crippen molar-refractivity contribution in [3.05, 3.63) is 58.5 Å². The number of carboxylic acid groups (broad SMARTS) is 1. The molecule has 1 aliphatic rings. The molecular formula is C16H15NO4. The molecule has 0 bridgehead atoms. The molecule has 0 spiro atoms. The molecule has 5 heteroatoms. The van der Waals surface area contributed by atoms with Crippen molar-refractivity contribution in [2.75, 3.05) is 0 Å². The number of benzene rings is 1. The number of carbonyl (C=O) groups excluding carboxylic acids is 1. The van der Waals surface area contributed by atoms with E-state index in [1.165, 1.54) is 6.26 Å². The first-order chi connectivity index (χ1) is 10.1. The molecule has 0 saturated heterocycles. The SMILES string of the molecule is CCc1occc1C(=O)N1Cc2ccc(C(=O)O)cc2C1. The van der Waals surface area contributed by atoms with Crippen LogP contribution in [0.3, 0.4) is 0 Å². The Labute approximate surface area is 121 Å². The van der Waals surface area contributed by atoms with Crippen LogP contribution in [0, 0.1) is 0 Å². The quantitative estimate of drug-likeness (QED) is 0.941.